The molecule has 0 nitrogen and oxygen atoms in total. The summed E-state index contributed by atoms with van der Waals surface area (Å²) < 4.78 is 0. The molecule has 2 aromatic rings. The molecule has 0 spiro atoms. The third-order valence-corrected chi connectivity index (χ3v) is 5.36. The van der Waals surface area contributed by atoms with Crippen LogP contribution in [0.3, 0.4) is 0 Å². The topological polar surface area (TPSA) is 0 Å². The van der Waals surface area contributed by atoms with Crippen LogP contribution in [0.5, 0.6) is 0 Å². The Bertz CT molecular complexity index is 491. The van der Waals surface area contributed by atoms with Crippen LogP contribution in [0.1, 0.15) is 60.1 Å². The normalized spacial score (nSPS) is 11.4. The lowest BCUT2D eigenvalue weighted by atomic mass is 10.1. The molecule has 0 unspecified atom stereocenters. The highest BCUT2D eigenvalue weighted by atomic mass is 32.1. The van der Waals surface area contributed by atoms with E-state index in [1.807, 2.05) is 11.3 Å². The zero-order valence-electron chi connectivity index (χ0n) is 12.3. The molecular weight excluding hydrogens is 280 g/mol. The molecule has 0 saturated carbocycles. The van der Waals surface area contributed by atoms with Crippen LogP contribution in [-0.4, -0.2) is 0 Å². The van der Waals surface area contributed by atoms with Gasteiger partial charge in [-0.2, -0.15) is 0 Å². The van der Waals surface area contributed by atoms with Gasteiger partial charge in [-0.25, -0.2) is 0 Å². The number of hydrogen-bond acceptors (Lipinski definition) is 2. The number of thiophene rings is 2. The first-order valence-electron chi connectivity index (χ1n) is 7.69. The second-order valence-corrected chi connectivity index (χ2v) is 7.35. The Balaban J connectivity index is 1.69. The van der Waals surface area contributed by atoms with Crippen LogP contribution in [0.15, 0.2) is 29.6 Å². The maximum Gasteiger partial charge on any atom is 0.0273 e. The van der Waals surface area contributed by atoms with Gasteiger partial charge >= 0.3 is 0 Å². The van der Waals surface area contributed by atoms with Crippen molar-refractivity contribution in [1.82, 2.24) is 0 Å². The van der Waals surface area contributed by atoms with Crippen molar-refractivity contribution in [2.45, 2.75) is 51.9 Å². The minimum absolute atomic E-state index is 1.25. The lowest BCUT2D eigenvalue weighted by molar-refractivity contribution is 0.609. The van der Waals surface area contributed by atoms with E-state index in [1.54, 1.807) is 11.3 Å². The molecule has 2 aromatic heterocycles. The quantitative estimate of drug-likeness (QED) is 0.443. The first kappa shape index (κ1) is 15.5. The van der Waals surface area contributed by atoms with Crippen LogP contribution in [0, 0.1) is 0 Å². The van der Waals surface area contributed by atoms with Crippen LogP contribution in [0.25, 0.3) is 12.2 Å². The maximum absolute atomic E-state index is 2.30. The van der Waals surface area contributed by atoms with E-state index in [2.05, 4.69) is 48.7 Å². The van der Waals surface area contributed by atoms with Crippen molar-refractivity contribution in [3.05, 3.63) is 44.3 Å². The van der Waals surface area contributed by atoms with Crippen molar-refractivity contribution in [1.29, 1.82) is 0 Å². The molecule has 0 aliphatic carbocycles. The zero-order valence-corrected chi connectivity index (χ0v) is 13.9. The summed E-state index contributed by atoms with van der Waals surface area (Å²) in [5.41, 5.74) is 0. The largest absolute Gasteiger partial charge is 0.144 e. The summed E-state index contributed by atoms with van der Waals surface area (Å²) >= 11 is 3.73. The van der Waals surface area contributed by atoms with Crippen molar-refractivity contribution >= 4 is 34.8 Å². The fraction of sp³-hybridized carbons (Fsp3) is 0.444. The Hall–Kier alpha value is -0.860. The van der Waals surface area contributed by atoms with E-state index in [1.165, 1.54) is 59.6 Å². The standard InChI is InChI=1S/C18H24S2/c1-2-3-4-5-6-7-9-17-13-14-18(20-17)12-11-16-10-8-15-19-16/h8,10-15H,2-7,9H2,1H3. The van der Waals surface area contributed by atoms with Gasteiger partial charge in [0, 0.05) is 14.6 Å². The Morgan fingerprint density at radius 2 is 1.70 bits per heavy atom. The van der Waals surface area contributed by atoms with Gasteiger partial charge in [0.25, 0.3) is 0 Å². The molecule has 2 rings (SSSR count). The Labute approximate surface area is 131 Å². The summed E-state index contributed by atoms with van der Waals surface area (Å²) in [5.74, 6) is 0. The van der Waals surface area contributed by atoms with Gasteiger partial charge < -0.3 is 0 Å². The van der Waals surface area contributed by atoms with Crippen molar-refractivity contribution in [3.8, 4) is 0 Å². The van der Waals surface area contributed by atoms with E-state index in [0.29, 0.717) is 0 Å². The predicted molar refractivity (Wildman–Crippen MR) is 94.6 cm³/mol. The third kappa shape index (κ3) is 5.64. The first-order valence-corrected chi connectivity index (χ1v) is 9.38. The lowest BCUT2D eigenvalue weighted by Gasteiger charge is -1.99. The second kappa shape index (κ2) is 9.15. The summed E-state index contributed by atoms with van der Waals surface area (Å²) in [6, 6.07) is 8.81. The Morgan fingerprint density at radius 1 is 0.900 bits per heavy atom. The molecule has 108 valence electrons. The summed E-state index contributed by atoms with van der Waals surface area (Å²) in [7, 11) is 0. The monoisotopic (exact) mass is 304 g/mol. The molecule has 0 aliphatic heterocycles. The smallest absolute Gasteiger partial charge is 0.0273 e. The minimum atomic E-state index is 1.25. The van der Waals surface area contributed by atoms with Crippen LogP contribution < -0.4 is 0 Å². The molecule has 0 radical (unpaired) electrons. The average molecular weight is 305 g/mol. The Morgan fingerprint density at radius 3 is 2.50 bits per heavy atom. The van der Waals surface area contributed by atoms with Crippen molar-refractivity contribution in [2.75, 3.05) is 0 Å². The summed E-state index contributed by atoms with van der Waals surface area (Å²) in [6.45, 7) is 2.27. The van der Waals surface area contributed by atoms with Crippen LogP contribution in [-0.2, 0) is 6.42 Å². The predicted octanol–water partition coefficient (Wildman–Crippen LogP) is 6.88. The zero-order chi connectivity index (χ0) is 14.0. The molecule has 20 heavy (non-hydrogen) atoms. The first-order chi connectivity index (χ1) is 9.88. The van der Waals surface area contributed by atoms with Crippen LogP contribution in [0.4, 0.5) is 0 Å². The summed E-state index contributed by atoms with van der Waals surface area (Å²) in [5, 5.41) is 2.12. The number of rotatable bonds is 9. The van der Waals surface area contributed by atoms with Gasteiger partial charge in [0.1, 0.15) is 0 Å². The van der Waals surface area contributed by atoms with E-state index in [0.717, 1.165) is 0 Å². The molecule has 0 aliphatic rings. The molecule has 0 aromatic carbocycles. The number of unbranched alkanes of at least 4 members (excludes halogenated alkanes) is 5. The SMILES string of the molecule is CCCCCCCCc1ccc(C=Cc2cccs2)s1. The highest BCUT2D eigenvalue weighted by molar-refractivity contribution is 7.13. The van der Waals surface area contributed by atoms with E-state index in [-0.39, 0.29) is 0 Å². The molecule has 0 bridgehead atoms. The van der Waals surface area contributed by atoms with Gasteiger partial charge in [-0.05, 0) is 48.6 Å². The van der Waals surface area contributed by atoms with Crippen LogP contribution in [0.2, 0.25) is 0 Å². The number of aryl methyl sites for hydroxylation is 1. The van der Waals surface area contributed by atoms with Crippen molar-refractivity contribution < 1.29 is 0 Å². The molecular formula is C18H24S2. The molecule has 0 fully saturated rings. The molecule has 2 heteroatoms. The average Bonchev–Trinajstić information content (AvgIpc) is 3.11. The molecule has 0 amide bonds. The fourth-order valence-electron chi connectivity index (χ4n) is 2.25. The second-order valence-electron chi connectivity index (χ2n) is 5.17. The number of hydrogen-bond donors (Lipinski definition) is 0. The molecule has 0 N–H and O–H groups in total. The van der Waals surface area contributed by atoms with Crippen molar-refractivity contribution in [3.63, 3.8) is 0 Å². The van der Waals surface area contributed by atoms with Gasteiger partial charge in [0.15, 0.2) is 0 Å². The van der Waals surface area contributed by atoms with E-state index < -0.39 is 0 Å². The highest BCUT2D eigenvalue weighted by Gasteiger charge is 1.98. The molecule has 0 saturated heterocycles. The summed E-state index contributed by atoms with van der Waals surface area (Å²) in [6.07, 6.45) is 14.0. The van der Waals surface area contributed by atoms with E-state index in [9.17, 15) is 0 Å². The van der Waals surface area contributed by atoms with Gasteiger partial charge in [-0.3, -0.25) is 0 Å². The van der Waals surface area contributed by atoms with Gasteiger partial charge in [-0.15, -0.1) is 22.7 Å². The molecule has 2 heterocycles. The maximum atomic E-state index is 2.30. The Kier molecular flexibility index (Phi) is 7.10. The lowest BCUT2D eigenvalue weighted by Crippen LogP contribution is -1.82. The fourth-order valence-corrected chi connectivity index (χ4v) is 3.82. The molecule has 0 atom stereocenters. The van der Waals surface area contributed by atoms with E-state index >= 15 is 0 Å². The highest BCUT2D eigenvalue weighted by Crippen LogP contribution is 2.22. The van der Waals surface area contributed by atoms with Gasteiger partial charge in [-0.1, -0.05) is 45.1 Å². The van der Waals surface area contributed by atoms with E-state index in [4.69, 9.17) is 0 Å². The third-order valence-electron chi connectivity index (χ3n) is 3.41. The summed E-state index contributed by atoms with van der Waals surface area (Å²) in [4.78, 5) is 4.24. The van der Waals surface area contributed by atoms with Gasteiger partial charge in [0.2, 0.25) is 0 Å². The van der Waals surface area contributed by atoms with Gasteiger partial charge in [0.05, 0.1) is 0 Å². The minimum Gasteiger partial charge on any atom is -0.144 e. The van der Waals surface area contributed by atoms with Crippen LogP contribution >= 0.6 is 22.7 Å². The van der Waals surface area contributed by atoms with Crippen molar-refractivity contribution in [2.24, 2.45) is 0 Å².